The van der Waals surface area contributed by atoms with E-state index in [0.29, 0.717) is 31.7 Å². The first-order valence-electron chi connectivity index (χ1n) is 6.56. The summed E-state index contributed by atoms with van der Waals surface area (Å²) in [6.45, 7) is 3.06. The van der Waals surface area contributed by atoms with E-state index in [9.17, 15) is 9.59 Å². The fourth-order valence-electron chi connectivity index (χ4n) is 2.03. The summed E-state index contributed by atoms with van der Waals surface area (Å²) in [4.78, 5) is 28.9. The van der Waals surface area contributed by atoms with Crippen molar-refractivity contribution in [2.45, 2.75) is 30.5 Å². The van der Waals surface area contributed by atoms with Gasteiger partial charge in [-0.1, -0.05) is 18.7 Å². The van der Waals surface area contributed by atoms with E-state index in [1.807, 2.05) is 6.92 Å². The number of carboxylic acid groups (broad SMARTS) is 1. The lowest BCUT2D eigenvalue weighted by Crippen LogP contribution is -2.41. The summed E-state index contributed by atoms with van der Waals surface area (Å²) in [5, 5.41) is 8.92. The maximum atomic E-state index is 12.0. The van der Waals surface area contributed by atoms with E-state index in [4.69, 9.17) is 5.11 Å². The van der Waals surface area contributed by atoms with Gasteiger partial charge in [-0.2, -0.15) is 4.37 Å². The highest BCUT2D eigenvalue weighted by Crippen LogP contribution is 2.22. The highest BCUT2D eigenvalue weighted by molar-refractivity contribution is 8.01. The highest BCUT2D eigenvalue weighted by atomic mass is 32.2. The number of aryl methyl sites for hydroxylation is 1. The molecule has 0 aliphatic carbocycles. The lowest BCUT2D eigenvalue weighted by molar-refractivity contribution is -0.145. The Labute approximate surface area is 125 Å². The molecule has 1 fully saturated rings. The number of carboxylic acids is 1. The monoisotopic (exact) mass is 315 g/mol. The summed E-state index contributed by atoms with van der Waals surface area (Å²) in [6.07, 6.45) is 1.89. The maximum Gasteiger partial charge on any atom is 0.306 e. The molecule has 0 bridgehead atoms. The fraction of sp³-hybridized carbons (Fsp3) is 0.667. The molecule has 110 valence electrons. The normalized spacial score (nSPS) is 16.4. The standard InChI is InChI=1S/C12H17N3O3S2/c1-2-9-13-12(20-14-9)19-7-10(16)15-5-3-8(4-6-15)11(17)18/h8H,2-7H2,1H3,(H,17,18). The largest absolute Gasteiger partial charge is 0.481 e. The van der Waals surface area contributed by atoms with E-state index in [2.05, 4.69) is 9.36 Å². The Morgan fingerprint density at radius 2 is 2.15 bits per heavy atom. The Morgan fingerprint density at radius 1 is 1.45 bits per heavy atom. The zero-order valence-electron chi connectivity index (χ0n) is 11.2. The molecule has 2 rings (SSSR count). The minimum atomic E-state index is -0.757. The van der Waals surface area contributed by atoms with Gasteiger partial charge in [0.1, 0.15) is 5.82 Å². The SMILES string of the molecule is CCc1nsc(SCC(=O)N2CCC(C(=O)O)CC2)n1. The Balaban J connectivity index is 1.77. The van der Waals surface area contributed by atoms with Gasteiger partial charge in [-0.3, -0.25) is 9.59 Å². The van der Waals surface area contributed by atoms with Gasteiger partial charge in [-0.05, 0) is 24.4 Å². The van der Waals surface area contributed by atoms with Crippen molar-refractivity contribution in [3.63, 3.8) is 0 Å². The number of likely N-dealkylation sites (tertiary alicyclic amines) is 1. The van der Waals surface area contributed by atoms with Crippen molar-refractivity contribution in [2.75, 3.05) is 18.8 Å². The smallest absolute Gasteiger partial charge is 0.306 e. The van der Waals surface area contributed by atoms with Crippen LogP contribution in [0, 0.1) is 5.92 Å². The summed E-state index contributed by atoms with van der Waals surface area (Å²) < 4.78 is 4.99. The third-order valence-electron chi connectivity index (χ3n) is 3.28. The van der Waals surface area contributed by atoms with Gasteiger partial charge in [0.25, 0.3) is 0 Å². The van der Waals surface area contributed by atoms with Crippen LogP contribution in [0.1, 0.15) is 25.6 Å². The van der Waals surface area contributed by atoms with Crippen molar-refractivity contribution >= 4 is 35.2 Å². The van der Waals surface area contributed by atoms with E-state index in [-0.39, 0.29) is 11.8 Å². The average Bonchev–Trinajstić information content (AvgIpc) is 2.93. The van der Waals surface area contributed by atoms with Crippen molar-refractivity contribution in [3.05, 3.63) is 5.82 Å². The third-order valence-corrected chi connectivity index (χ3v) is 5.14. The molecule has 1 amide bonds. The van der Waals surface area contributed by atoms with Crippen molar-refractivity contribution in [1.82, 2.24) is 14.3 Å². The quantitative estimate of drug-likeness (QED) is 0.829. The Hall–Kier alpha value is -1.15. The molecule has 0 unspecified atom stereocenters. The molecule has 1 aliphatic rings. The molecule has 1 aromatic heterocycles. The van der Waals surface area contributed by atoms with Gasteiger partial charge in [0.05, 0.1) is 11.7 Å². The van der Waals surface area contributed by atoms with Crippen molar-refractivity contribution in [2.24, 2.45) is 5.92 Å². The predicted octanol–water partition coefficient (Wildman–Crippen LogP) is 1.52. The molecule has 2 heterocycles. The summed E-state index contributed by atoms with van der Waals surface area (Å²) in [7, 11) is 0. The minimum Gasteiger partial charge on any atom is -0.481 e. The summed E-state index contributed by atoms with van der Waals surface area (Å²) in [5.41, 5.74) is 0. The van der Waals surface area contributed by atoms with E-state index >= 15 is 0 Å². The van der Waals surface area contributed by atoms with Crippen molar-refractivity contribution in [1.29, 1.82) is 0 Å². The number of aliphatic carboxylic acids is 1. The van der Waals surface area contributed by atoms with Crippen LogP contribution in [0.4, 0.5) is 0 Å². The number of carbonyl (C=O) groups excluding carboxylic acids is 1. The lowest BCUT2D eigenvalue weighted by Gasteiger charge is -2.29. The second-order valence-corrected chi connectivity index (χ2v) is 6.59. The average molecular weight is 315 g/mol. The first kappa shape index (κ1) is 15.2. The molecule has 1 aromatic rings. The van der Waals surface area contributed by atoms with Crippen LogP contribution in [0.3, 0.4) is 0 Å². The Kier molecular flexibility index (Phi) is 5.36. The van der Waals surface area contributed by atoms with Crippen LogP contribution < -0.4 is 0 Å². The van der Waals surface area contributed by atoms with E-state index < -0.39 is 5.97 Å². The molecule has 1 aliphatic heterocycles. The summed E-state index contributed by atoms with van der Waals surface area (Å²) in [6, 6.07) is 0. The molecule has 8 heteroatoms. The number of piperidine rings is 1. The fourth-order valence-corrected chi connectivity index (χ4v) is 3.63. The second-order valence-electron chi connectivity index (χ2n) is 4.61. The molecule has 1 N–H and O–H groups in total. The molecule has 0 spiro atoms. The molecular weight excluding hydrogens is 298 g/mol. The van der Waals surface area contributed by atoms with Crippen LogP contribution in [-0.4, -0.2) is 50.1 Å². The van der Waals surface area contributed by atoms with Crippen LogP contribution in [-0.2, 0) is 16.0 Å². The number of carbonyl (C=O) groups is 2. The molecule has 0 saturated carbocycles. The summed E-state index contributed by atoms with van der Waals surface area (Å²) >= 11 is 2.72. The number of hydrogen-bond donors (Lipinski definition) is 1. The van der Waals surface area contributed by atoms with Gasteiger partial charge in [0.15, 0.2) is 4.34 Å². The highest BCUT2D eigenvalue weighted by Gasteiger charge is 2.26. The van der Waals surface area contributed by atoms with Crippen LogP contribution in [0.5, 0.6) is 0 Å². The summed E-state index contributed by atoms with van der Waals surface area (Å²) in [5.74, 6) is 0.143. The van der Waals surface area contributed by atoms with Gasteiger partial charge >= 0.3 is 5.97 Å². The van der Waals surface area contributed by atoms with Gasteiger partial charge in [-0.25, -0.2) is 4.98 Å². The number of hydrogen-bond acceptors (Lipinski definition) is 6. The topological polar surface area (TPSA) is 83.4 Å². The van der Waals surface area contributed by atoms with Crippen molar-refractivity contribution < 1.29 is 14.7 Å². The minimum absolute atomic E-state index is 0.0482. The van der Waals surface area contributed by atoms with Gasteiger partial charge in [0, 0.05) is 19.5 Å². The maximum absolute atomic E-state index is 12.0. The zero-order valence-corrected chi connectivity index (χ0v) is 12.9. The van der Waals surface area contributed by atoms with Crippen LogP contribution in [0.15, 0.2) is 4.34 Å². The lowest BCUT2D eigenvalue weighted by atomic mass is 9.97. The molecule has 20 heavy (non-hydrogen) atoms. The molecule has 6 nitrogen and oxygen atoms in total. The van der Waals surface area contributed by atoms with Gasteiger partial charge in [-0.15, -0.1) is 0 Å². The van der Waals surface area contributed by atoms with E-state index in [1.165, 1.54) is 23.3 Å². The van der Waals surface area contributed by atoms with Gasteiger partial charge < -0.3 is 10.0 Å². The van der Waals surface area contributed by atoms with Crippen LogP contribution in [0.2, 0.25) is 0 Å². The van der Waals surface area contributed by atoms with Crippen LogP contribution in [0.25, 0.3) is 0 Å². The van der Waals surface area contributed by atoms with E-state index in [1.54, 1.807) is 4.90 Å². The van der Waals surface area contributed by atoms with Gasteiger partial charge in [0.2, 0.25) is 5.91 Å². The zero-order chi connectivity index (χ0) is 14.5. The number of aromatic nitrogens is 2. The number of rotatable bonds is 5. The Morgan fingerprint density at radius 3 is 2.70 bits per heavy atom. The van der Waals surface area contributed by atoms with Crippen LogP contribution >= 0.6 is 23.3 Å². The second kappa shape index (κ2) is 7.03. The molecule has 0 radical (unpaired) electrons. The number of nitrogens with zero attached hydrogens (tertiary/aromatic N) is 3. The molecule has 0 atom stereocenters. The van der Waals surface area contributed by atoms with E-state index in [0.717, 1.165) is 16.6 Å². The number of amides is 1. The molecular formula is C12H17N3O3S2. The predicted molar refractivity (Wildman–Crippen MR) is 77.0 cm³/mol. The molecule has 0 aromatic carbocycles. The number of thioether (sulfide) groups is 1. The molecule has 1 saturated heterocycles. The first-order chi connectivity index (χ1) is 9.60. The third kappa shape index (κ3) is 3.92. The van der Waals surface area contributed by atoms with Crippen molar-refractivity contribution in [3.8, 4) is 0 Å². The first-order valence-corrected chi connectivity index (χ1v) is 8.32. The Bertz CT molecular complexity index is 484.